The molecule has 0 bridgehead atoms. The van der Waals surface area contributed by atoms with Gasteiger partial charge in [-0.15, -0.1) is 0 Å². The van der Waals surface area contributed by atoms with Crippen molar-refractivity contribution in [3.8, 4) is 0 Å². The first kappa shape index (κ1) is 10.2. The van der Waals surface area contributed by atoms with Gasteiger partial charge in [-0.05, 0) is 19.8 Å². The van der Waals surface area contributed by atoms with Gasteiger partial charge in [-0.1, -0.05) is 19.1 Å². The molecule has 0 aliphatic heterocycles. The molecule has 0 saturated carbocycles. The lowest BCUT2D eigenvalue weighted by atomic mass is 10.3. The maximum atomic E-state index is 10.9. The van der Waals surface area contributed by atoms with E-state index in [-0.39, 0.29) is 5.91 Å². The molecule has 1 N–H and O–H groups in total. The molecular formula is C9H17NO. The lowest BCUT2D eigenvalue weighted by Crippen LogP contribution is -2.23. The van der Waals surface area contributed by atoms with E-state index in [1.165, 1.54) is 0 Å². The Morgan fingerprint density at radius 1 is 1.55 bits per heavy atom. The Morgan fingerprint density at radius 2 is 2.27 bits per heavy atom. The van der Waals surface area contributed by atoms with Crippen molar-refractivity contribution in [2.24, 2.45) is 0 Å². The summed E-state index contributed by atoms with van der Waals surface area (Å²) in [6, 6.07) is 0. The summed E-state index contributed by atoms with van der Waals surface area (Å²) in [5.41, 5.74) is 0. The highest BCUT2D eigenvalue weighted by atomic mass is 16.1. The molecule has 0 rings (SSSR count). The Bertz CT molecular complexity index is 130. The lowest BCUT2D eigenvalue weighted by Gasteiger charge is -2.00. The average Bonchev–Trinajstić information content (AvgIpc) is 1.99. The third kappa shape index (κ3) is 7.10. The molecular weight excluding hydrogens is 138 g/mol. The van der Waals surface area contributed by atoms with Gasteiger partial charge >= 0.3 is 0 Å². The SMILES string of the molecule is C/C=C/CCNC(=O)CCC. The Morgan fingerprint density at radius 3 is 2.82 bits per heavy atom. The van der Waals surface area contributed by atoms with Gasteiger partial charge in [0.25, 0.3) is 0 Å². The zero-order valence-electron chi connectivity index (χ0n) is 7.39. The number of carbonyl (C=O) groups is 1. The quantitative estimate of drug-likeness (QED) is 0.476. The maximum Gasteiger partial charge on any atom is 0.219 e. The number of allylic oxidation sites excluding steroid dienone is 1. The summed E-state index contributed by atoms with van der Waals surface area (Å²) in [5, 5.41) is 2.83. The first-order valence-corrected chi connectivity index (χ1v) is 4.19. The Labute approximate surface area is 68.7 Å². The van der Waals surface area contributed by atoms with Crippen LogP contribution in [0.15, 0.2) is 12.2 Å². The second-order valence-electron chi connectivity index (χ2n) is 2.46. The van der Waals surface area contributed by atoms with Crippen LogP contribution in [0.2, 0.25) is 0 Å². The minimum Gasteiger partial charge on any atom is -0.356 e. The van der Waals surface area contributed by atoms with Crippen LogP contribution in [0.25, 0.3) is 0 Å². The van der Waals surface area contributed by atoms with Gasteiger partial charge < -0.3 is 5.32 Å². The molecule has 64 valence electrons. The summed E-state index contributed by atoms with van der Waals surface area (Å²) in [5.74, 6) is 0.164. The predicted molar refractivity (Wildman–Crippen MR) is 47.3 cm³/mol. The molecule has 0 unspecified atom stereocenters. The van der Waals surface area contributed by atoms with E-state index in [4.69, 9.17) is 0 Å². The third-order valence-electron chi connectivity index (χ3n) is 1.35. The standard InChI is InChI=1S/C9H17NO/c1-3-5-6-8-10-9(11)7-4-2/h3,5H,4,6-8H2,1-2H3,(H,10,11)/b5-3+. The van der Waals surface area contributed by atoms with Gasteiger partial charge in [0.15, 0.2) is 0 Å². The second kappa shape index (κ2) is 7.32. The summed E-state index contributed by atoms with van der Waals surface area (Å²) in [6.07, 6.45) is 6.55. The molecule has 0 aliphatic rings. The lowest BCUT2D eigenvalue weighted by molar-refractivity contribution is -0.121. The van der Waals surface area contributed by atoms with Crippen molar-refractivity contribution in [1.29, 1.82) is 0 Å². The van der Waals surface area contributed by atoms with Gasteiger partial charge in [0.2, 0.25) is 5.91 Å². The molecule has 2 nitrogen and oxygen atoms in total. The normalized spacial score (nSPS) is 10.4. The van der Waals surface area contributed by atoms with Gasteiger partial charge in [-0.3, -0.25) is 4.79 Å². The summed E-state index contributed by atoms with van der Waals surface area (Å²) < 4.78 is 0. The first-order chi connectivity index (χ1) is 5.31. The molecule has 11 heavy (non-hydrogen) atoms. The highest BCUT2D eigenvalue weighted by molar-refractivity contribution is 5.75. The summed E-state index contributed by atoms with van der Waals surface area (Å²) >= 11 is 0. The summed E-state index contributed by atoms with van der Waals surface area (Å²) in [6.45, 7) is 4.75. The van der Waals surface area contributed by atoms with E-state index in [1.54, 1.807) is 0 Å². The van der Waals surface area contributed by atoms with E-state index in [2.05, 4.69) is 5.32 Å². The average molecular weight is 155 g/mol. The Balaban J connectivity index is 3.17. The predicted octanol–water partition coefficient (Wildman–Crippen LogP) is 1.87. The number of carbonyl (C=O) groups excluding carboxylic acids is 1. The molecule has 2 heteroatoms. The Kier molecular flexibility index (Phi) is 6.79. The molecule has 0 spiro atoms. The highest BCUT2D eigenvalue weighted by Gasteiger charge is 1.94. The second-order valence-corrected chi connectivity index (χ2v) is 2.46. The van der Waals surface area contributed by atoms with Crippen molar-refractivity contribution in [2.75, 3.05) is 6.54 Å². The van der Waals surface area contributed by atoms with Crippen LogP contribution < -0.4 is 5.32 Å². The van der Waals surface area contributed by atoms with Gasteiger partial charge in [0.05, 0.1) is 0 Å². The molecule has 0 heterocycles. The fourth-order valence-electron chi connectivity index (χ4n) is 0.777. The topological polar surface area (TPSA) is 29.1 Å². The van der Waals surface area contributed by atoms with Crippen molar-refractivity contribution in [1.82, 2.24) is 5.32 Å². The van der Waals surface area contributed by atoms with E-state index in [0.717, 1.165) is 19.4 Å². The Hall–Kier alpha value is -0.790. The molecule has 0 aromatic carbocycles. The van der Waals surface area contributed by atoms with E-state index >= 15 is 0 Å². The third-order valence-corrected chi connectivity index (χ3v) is 1.35. The van der Waals surface area contributed by atoms with Crippen molar-refractivity contribution in [2.45, 2.75) is 33.1 Å². The van der Waals surface area contributed by atoms with Crippen LogP contribution in [0.1, 0.15) is 33.1 Å². The highest BCUT2D eigenvalue weighted by Crippen LogP contribution is 1.86. The van der Waals surface area contributed by atoms with Crippen LogP contribution in [0.3, 0.4) is 0 Å². The van der Waals surface area contributed by atoms with Crippen LogP contribution in [0.5, 0.6) is 0 Å². The molecule has 0 atom stereocenters. The van der Waals surface area contributed by atoms with Gasteiger partial charge in [0, 0.05) is 13.0 Å². The monoisotopic (exact) mass is 155 g/mol. The number of rotatable bonds is 5. The van der Waals surface area contributed by atoms with Crippen LogP contribution in [0, 0.1) is 0 Å². The number of hydrogen-bond donors (Lipinski definition) is 1. The van der Waals surface area contributed by atoms with E-state index < -0.39 is 0 Å². The smallest absolute Gasteiger partial charge is 0.219 e. The number of nitrogens with one attached hydrogen (secondary N) is 1. The molecule has 0 saturated heterocycles. The molecule has 0 fully saturated rings. The van der Waals surface area contributed by atoms with Crippen molar-refractivity contribution in [3.05, 3.63) is 12.2 Å². The van der Waals surface area contributed by atoms with Gasteiger partial charge in [0.1, 0.15) is 0 Å². The molecule has 0 aromatic rings. The molecule has 0 radical (unpaired) electrons. The van der Waals surface area contributed by atoms with Crippen molar-refractivity contribution in [3.63, 3.8) is 0 Å². The van der Waals surface area contributed by atoms with Crippen LogP contribution in [0.4, 0.5) is 0 Å². The zero-order valence-corrected chi connectivity index (χ0v) is 7.39. The molecule has 1 amide bonds. The van der Waals surface area contributed by atoms with E-state index in [1.807, 2.05) is 26.0 Å². The zero-order chi connectivity index (χ0) is 8.53. The first-order valence-electron chi connectivity index (χ1n) is 4.19. The maximum absolute atomic E-state index is 10.9. The largest absolute Gasteiger partial charge is 0.356 e. The fraction of sp³-hybridized carbons (Fsp3) is 0.667. The summed E-state index contributed by atoms with van der Waals surface area (Å²) in [4.78, 5) is 10.9. The minimum absolute atomic E-state index is 0.164. The van der Waals surface area contributed by atoms with E-state index in [0.29, 0.717) is 6.42 Å². The van der Waals surface area contributed by atoms with Gasteiger partial charge in [-0.2, -0.15) is 0 Å². The molecule has 0 aliphatic carbocycles. The van der Waals surface area contributed by atoms with Crippen LogP contribution in [-0.2, 0) is 4.79 Å². The number of hydrogen-bond acceptors (Lipinski definition) is 1. The fourth-order valence-corrected chi connectivity index (χ4v) is 0.777. The summed E-state index contributed by atoms with van der Waals surface area (Å²) in [7, 11) is 0. The molecule has 0 aromatic heterocycles. The number of amides is 1. The van der Waals surface area contributed by atoms with E-state index in [9.17, 15) is 4.79 Å². The minimum atomic E-state index is 0.164. The van der Waals surface area contributed by atoms with Crippen molar-refractivity contribution < 1.29 is 4.79 Å². The van der Waals surface area contributed by atoms with Gasteiger partial charge in [-0.25, -0.2) is 0 Å². The van der Waals surface area contributed by atoms with Crippen molar-refractivity contribution >= 4 is 5.91 Å². The van der Waals surface area contributed by atoms with Crippen LogP contribution in [-0.4, -0.2) is 12.5 Å². The van der Waals surface area contributed by atoms with Crippen LogP contribution >= 0.6 is 0 Å².